The number of halogens is 2. The number of carbonyl (C=O) groups is 1. The fraction of sp³-hybridized carbons (Fsp3) is 0.500. The summed E-state index contributed by atoms with van der Waals surface area (Å²) in [5.74, 6) is -0.141. The maximum atomic E-state index is 11.8. The Balaban J connectivity index is 2.36. The number of hydrogen-bond acceptors (Lipinski definition) is 3. The molecular weight excluding hydrogens is 299 g/mol. The van der Waals surface area contributed by atoms with E-state index in [9.17, 15) is 4.79 Å². The fourth-order valence-electron chi connectivity index (χ4n) is 1.60. The van der Waals surface area contributed by atoms with Crippen LogP contribution in [0.1, 0.15) is 32.6 Å². The van der Waals surface area contributed by atoms with Crippen molar-refractivity contribution >= 4 is 40.5 Å². The van der Waals surface area contributed by atoms with Gasteiger partial charge in [-0.1, -0.05) is 36.5 Å². The smallest absolute Gasteiger partial charge is 0.224 e. The van der Waals surface area contributed by atoms with Gasteiger partial charge in [0, 0.05) is 25.3 Å². The van der Waals surface area contributed by atoms with Crippen LogP contribution in [-0.2, 0) is 9.53 Å². The standard InChI is InChI=1S/C14H20Cl2N2O2/c1-2-3-6-20-7-4-5-13(19)18-14-11(15)8-10(17)9-12(14)16/h8-9H,2-7,17H2,1H3,(H,18,19). The molecule has 0 aliphatic carbocycles. The molecular formula is C14H20Cl2N2O2. The van der Waals surface area contributed by atoms with Crippen molar-refractivity contribution in [2.45, 2.75) is 32.6 Å². The van der Waals surface area contributed by atoms with E-state index in [4.69, 9.17) is 33.7 Å². The summed E-state index contributed by atoms with van der Waals surface area (Å²) in [5, 5.41) is 3.37. The van der Waals surface area contributed by atoms with Gasteiger partial charge < -0.3 is 15.8 Å². The molecule has 0 saturated carbocycles. The van der Waals surface area contributed by atoms with Crippen molar-refractivity contribution in [2.24, 2.45) is 0 Å². The van der Waals surface area contributed by atoms with Gasteiger partial charge in [-0.05, 0) is 25.0 Å². The van der Waals surface area contributed by atoms with Crippen LogP contribution in [0.4, 0.5) is 11.4 Å². The number of anilines is 2. The average Bonchev–Trinajstić information content (AvgIpc) is 2.38. The van der Waals surface area contributed by atoms with Gasteiger partial charge in [0.1, 0.15) is 0 Å². The van der Waals surface area contributed by atoms with Gasteiger partial charge in [-0.2, -0.15) is 0 Å². The van der Waals surface area contributed by atoms with E-state index in [1.54, 1.807) is 12.1 Å². The van der Waals surface area contributed by atoms with E-state index < -0.39 is 0 Å². The molecule has 1 aromatic carbocycles. The summed E-state index contributed by atoms with van der Waals surface area (Å²) in [4.78, 5) is 11.8. The van der Waals surface area contributed by atoms with Gasteiger partial charge >= 0.3 is 0 Å². The van der Waals surface area contributed by atoms with Gasteiger partial charge in [0.05, 0.1) is 15.7 Å². The first-order valence-electron chi connectivity index (χ1n) is 6.66. The minimum atomic E-state index is -0.141. The highest BCUT2D eigenvalue weighted by molar-refractivity contribution is 6.40. The largest absolute Gasteiger partial charge is 0.399 e. The molecule has 0 fully saturated rings. The third-order valence-corrected chi connectivity index (χ3v) is 3.26. The van der Waals surface area contributed by atoms with Crippen molar-refractivity contribution in [1.29, 1.82) is 0 Å². The number of nitrogen functional groups attached to an aromatic ring is 1. The monoisotopic (exact) mass is 318 g/mol. The summed E-state index contributed by atoms with van der Waals surface area (Å²) in [5.41, 5.74) is 6.46. The molecule has 0 unspecified atom stereocenters. The Morgan fingerprint density at radius 3 is 2.45 bits per heavy atom. The summed E-state index contributed by atoms with van der Waals surface area (Å²) in [7, 11) is 0. The number of nitrogens with one attached hydrogen (secondary N) is 1. The van der Waals surface area contributed by atoms with E-state index in [2.05, 4.69) is 12.2 Å². The summed E-state index contributed by atoms with van der Waals surface area (Å²) in [6.45, 7) is 3.43. The van der Waals surface area contributed by atoms with Gasteiger partial charge in [-0.25, -0.2) is 0 Å². The Morgan fingerprint density at radius 1 is 1.25 bits per heavy atom. The molecule has 0 bridgehead atoms. The van der Waals surface area contributed by atoms with Gasteiger partial charge in [0.25, 0.3) is 0 Å². The first kappa shape index (κ1) is 17.1. The average molecular weight is 319 g/mol. The summed E-state index contributed by atoms with van der Waals surface area (Å²) in [6.07, 6.45) is 3.18. The van der Waals surface area contributed by atoms with E-state index in [-0.39, 0.29) is 5.91 Å². The lowest BCUT2D eigenvalue weighted by molar-refractivity contribution is -0.116. The van der Waals surface area contributed by atoms with E-state index in [1.807, 2.05) is 0 Å². The summed E-state index contributed by atoms with van der Waals surface area (Å²) in [6, 6.07) is 3.10. The number of amides is 1. The minimum absolute atomic E-state index is 0.141. The molecule has 0 aliphatic rings. The summed E-state index contributed by atoms with van der Waals surface area (Å²) >= 11 is 12.0. The number of hydrogen-bond donors (Lipinski definition) is 2. The van der Waals surface area contributed by atoms with Crippen LogP contribution in [0.15, 0.2) is 12.1 Å². The molecule has 0 aromatic heterocycles. The molecule has 0 saturated heterocycles. The second-order valence-electron chi connectivity index (χ2n) is 4.48. The van der Waals surface area contributed by atoms with Gasteiger partial charge in [0.15, 0.2) is 0 Å². The highest BCUT2D eigenvalue weighted by Gasteiger charge is 2.10. The van der Waals surface area contributed by atoms with Crippen LogP contribution in [0, 0.1) is 0 Å². The van der Waals surface area contributed by atoms with Crippen molar-refractivity contribution in [3.63, 3.8) is 0 Å². The fourth-order valence-corrected chi connectivity index (χ4v) is 2.20. The van der Waals surface area contributed by atoms with Crippen LogP contribution in [0.3, 0.4) is 0 Å². The van der Waals surface area contributed by atoms with Crippen LogP contribution in [0.2, 0.25) is 10.0 Å². The molecule has 20 heavy (non-hydrogen) atoms. The number of ether oxygens (including phenoxy) is 1. The minimum Gasteiger partial charge on any atom is -0.399 e. The number of benzene rings is 1. The second-order valence-corrected chi connectivity index (χ2v) is 5.29. The van der Waals surface area contributed by atoms with Crippen LogP contribution >= 0.6 is 23.2 Å². The van der Waals surface area contributed by atoms with Crippen LogP contribution in [0.25, 0.3) is 0 Å². The zero-order valence-corrected chi connectivity index (χ0v) is 13.1. The van der Waals surface area contributed by atoms with Gasteiger partial charge in [0.2, 0.25) is 5.91 Å². The molecule has 112 valence electrons. The van der Waals surface area contributed by atoms with Crippen molar-refractivity contribution in [2.75, 3.05) is 24.3 Å². The lowest BCUT2D eigenvalue weighted by Crippen LogP contribution is -2.13. The van der Waals surface area contributed by atoms with E-state index >= 15 is 0 Å². The summed E-state index contributed by atoms with van der Waals surface area (Å²) < 4.78 is 5.39. The zero-order valence-electron chi connectivity index (χ0n) is 11.5. The molecule has 6 heteroatoms. The number of unbranched alkanes of at least 4 members (excludes halogenated alkanes) is 1. The number of nitrogens with two attached hydrogens (primary N) is 1. The molecule has 1 rings (SSSR count). The molecule has 1 aromatic rings. The van der Waals surface area contributed by atoms with Gasteiger partial charge in [-0.15, -0.1) is 0 Å². The molecule has 0 heterocycles. The van der Waals surface area contributed by atoms with Crippen LogP contribution in [-0.4, -0.2) is 19.1 Å². The second kappa shape index (κ2) is 9.06. The van der Waals surface area contributed by atoms with Crippen LogP contribution < -0.4 is 11.1 Å². The highest BCUT2D eigenvalue weighted by Crippen LogP contribution is 2.32. The maximum absolute atomic E-state index is 11.8. The molecule has 0 spiro atoms. The van der Waals surface area contributed by atoms with E-state index in [1.165, 1.54) is 0 Å². The molecule has 3 N–H and O–H groups in total. The number of carbonyl (C=O) groups excluding carboxylic acids is 1. The van der Waals surface area contributed by atoms with Gasteiger partial charge in [-0.3, -0.25) is 4.79 Å². The number of rotatable bonds is 8. The third-order valence-electron chi connectivity index (χ3n) is 2.66. The predicted octanol–water partition coefficient (Wildman–Crippen LogP) is 4.11. The first-order valence-corrected chi connectivity index (χ1v) is 7.42. The third kappa shape index (κ3) is 5.99. The quantitative estimate of drug-likeness (QED) is 0.560. The SMILES string of the molecule is CCCCOCCCC(=O)Nc1c(Cl)cc(N)cc1Cl. The van der Waals surface area contributed by atoms with Crippen molar-refractivity contribution < 1.29 is 9.53 Å². The topological polar surface area (TPSA) is 64.3 Å². The molecule has 4 nitrogen and oxygen atoms in total. The zero-order chi connectivity index (χ0) is 15.0. The Hall–Kier alpha value is -0.970. The van der Waals surface area contributed by atoms with Crippen molar-refractivity contribution in [3.05, 3.63) is 22.2 Å². The van der Waals surface area contributed by atoms with Crippen LogP contribution in [0.5, 0.6) is 0 Å². The van der Waals surface area contributed by atoms with Crippen molar-refractivity contribution in [1.82, 2.24) is 0 Å². The highest BCUT2D eigenvalue weighted by atomic mass is 35.5. The lowest BCUT2D eigenvalue weighted by atomic mass is 10.2. The Morgan fingerprint density at radius 2 is 1.85 bits per heavy atom. The first-order chi connectivity index (χ1) is 9.54. The maximum Gasteiger partial charge on any atom is 0.224 e. The predicted molar refractivity (Wildman–Crippen MR) is 84.5 cm³/mol. The van der Waals surface area contributed by atoms with E-state index in [0.717, 1.165) is 19.4 Å². The molecule has 0 atom stereocenters. The normalized spacial score (nSPS) is 10.6. The molecule has 1 amide bonds. The lowest BCUT2D eigenvalue weighted by Gasteiger charge is -2.10. The molecule has 0 aliphatic heterocycles. The Labute approximate surface area is 129 Å². The Bertz CT molecular complexity index is 430. The van der Waals surface area contributed by atoms with Crippen molar-refractivity contribution in [3.8, 4) is 0 Å². The molecule has 0 radical (unpaired) electrons. The van der Waals surface area contributed by atoms with E-state index in [0.29, 0.717) is 40.9 Å². The Kier molecular flexibility index (Phi) is 7.73.